The Labute approximate surface area is 110 Å². The molecule has 5 heteroatoms. The van der Waals surface area contributed by atoms with Crippen molar-refractivity contribution < 1.29 is 13.9 Å². The Bertz CT molecular complexity index is 584. The average Bonchev–Trinajstić information content (AvgIpc) is 2.83. The molecule has 1 aromatic heterocycles. The second kappa shape index (κ2) is 6.03. The summed E-state index contributed by atoms with van der Waals surface area (Å²) in [6.07, 6.45) is 6.93. The van der Waals surface area contributed by atoms with Gasteiger partial charge in [-0.25, -0.2) is 4.39 Å². The number of hydrogen-bond donors (Lipinski definition) is 0. The fourth-order valence-electron chi connectivity index (χ4n) is 1.56. The number of methoxy groups -OCH3 is 1. The third-order valence-corrected chi connectivity index (χ3v) is 2.48. The van der Waals surface area contributed by atoms with Crippen LogP contribution in [0.3, 0.4) is 0 Å². The molecule has 0 unspecified atom stereocenters. The first kappa shape index (κ1) is 13.1. The molecule has 0 saturated carbocycles. The van der Waals surface area contributed by atoms with Crippen LogP contribution in [0.1, 0.15) is 5.56 Å². The Morgan fingerprint density at radius 3 is 2.68 bits per heavy atom. The molecular weight excluding hydrogens is 247 g/mol. The molecular formula is C14H13FN2O2. The lowest BCUT2D eigenvalue weighted by molar-refractivity contribution is 0.142. The first-order chi connectivity index (χ1) is 9.26. The summed E-state index contributed by atoms with van der Waals surface area (Å²) in [7, 11) is 1.59. The number of benzene rings is 1. The van der Waals surface area contributed by atoms with Gasteiger partial charge in [0.1, 0.15) is 18.0 Å². The lowest BCUT2D eigenvalue weighted by atomic mass is 10.3. The summed E-state index contributed by atoms with van der Waals surface area (Å²) in [6.45, 7) is 0.802. The Morgan fingerprint density at radius 1 is 1.32 bits per heavy atom. The topological polar surface area (TPSA) is 36.3 Å². The average molecular weight is 260 g/mol. The van der Waals surface area contributed by atoms with E-state index in [1.165, 1.54) is 23.0 Å². The molecule has 0 spiro atoms. The highest BCUT2D eigenvalue weighted by Crippen LogP contribution is 2.22. The number of nitrogens with zero attached hydrogens (tertiary/aromatic N) is 2. The van der Waals surface area contributed by atoms with Gasteiger partial charge in [-0.3, -0.25) is 0 Å². The third-order valence-electron chi connectivity index (χ3n) is 2.48. The Hall–Kier alpha value is -2.32. The Kier molecular flexibility index (Phi) is 4.16. The maximum Gasteiger partial charge on any atom is 0.232 e. The number of aromatic nitrogens is 2. The molecule has 0 aliphatic rings. The predicted molar refractivity (Wildman–Crippen MR) is 68.8 cm³/mol. The number of rotatable bonds is 5. The van der Waals surface area contributed by atoms with Crippen LogP contribution < -0.4 is 4.74 Å². The molecule has 0 aliphatic carbocycles. The van der Waals surface area contributed by atoms with Gasteiger partial charge in [0.2, 0.25) is 5.88 Å². The largest absolute Gasteiger partial charge is 0.474 e. The molecule has 2 rings (SSSR count). The van der Waals surface area contributed by atoms with Gasteiger partial charge < -0.3 is 9.47 Å². The summed E-state index contributed by atoms with van der Waals surface area (Å²) in [4.78, 5) is 0. The van der Waals surface area contributed by atoms with E-state index in [1.54, 1.807) is 19.2 Å². The normalized spacial score (nSPS) is 10.2. The maximum atomic E-state index is 12.9. The summed E-state index contributed by atoms with van der Waals surface area (Å²) < 4.78 is 24.9. The number of halogens is 1. The van der Waals surface area contributed by atoms with Crippen molar-refractivity contribution in [3.05, 3.63) is 41.8 Å². The van der Waals surface area contributed by atoms with Crippen LogP contribution in [0.4, 0.5) is 4.39 Å². The number of hydrogen-bond acceptors (Lipinski definition) is 3. The quantitative estimate of drug-likeness (QED) is 0.609. The zero-order valence-electron chi connectivity index (χ0n) is 10.5. The molecule has 4 nitrogen and oxygen atoms in total. The van der Waals surface area contributed by atoms with Crippen molar-refractivity contribution >= 4 is 0 Å². The summed E-state index contributed by atoms with van der Waals surface area (Å²) in [5.41, 5.74) is 1.22. The maximum absolute atomic E-state index is 12.9. The fourth-order valence-corrected chi connectivity index (χ4v) is 1.56. The van der Waals surface area contributed by atoms with Crippen LogP contribution in [0, 0.1) is 18.2 Å². The zero-order valence-corrected chi connectivity index (χ0v) is 10.5. The van der Waals surface area contributed by atoms with Crippen LogP contribution in [-0.2, 0) is 4.74 Å². The van der Waals surface area contributed by atoms with E-state index in [1.807, 2.05) is 0 Å². The minimum absolute atomic E-state index is 0.310. The lowest BCUT2D eigenvalue weighted by Gasteiger charge is -2.09. The smallest absolute Gasteiger partial charge is 0.232 e. The van der Waals surface area contributed by atoms with Crippen molar-refractivity contribution in [1.29, 1.82) is 0 Å². The van der Waals surface area contributed by atoms with Gasteiger partial charge in [0.05, 0.1) is 18.5 Å². The number of ether oxygens (including phenoxy) is 2. The van der Waals surface area contributed by atoms with Gasteiger partial charge >= 0.3 is 0 Å². The van der Waals surface area contributed by atoms with E-state index in [9.17, 15) is 4.39 Å². The second-order valence-electron chi connectivity index (χ2n) is 3.74. The van der Waals surface area contributed by atoms with E-state index in [2.05, 4.69) is 11.0 Å². The standard InChI is InChI=1S/C14H13FN2O2/c1-3-11-10-16-17(14(11)19-9-8-18-2)13-6-4-12(15)5-7-13/h1,4-7,10H,8-9H2,2H3. The van der Waals surface area contributed by atoms with E-state index < -0.39 is 0 Å². The first-order valence-corrected chi connectivity index (χ1v) is 5.68. The summed E-state index contributed by atoms with van der Waals surface area (Å²) in [6, 6.07) is 5.91. The van der Waals surface area contributed by atoms with Crippen molar-refractivity contribution in [2.24, 2.45) is 0 Å². The molecule has 19 heavy (non-hydrogen) atoms. The van der Waals surface area contributed by atoms with E-state index in [0.717, 1.165) is 0 Å². The van der Waals surface area contributed by atoms with Crippen LogP contribution in [0.5, 0.6) is 5.88 Å². The van der Waals surface area contributed by atoms with Crippen LogP contribution in [0.2, 0.25) is 0 Å². The molecule has 2 aromatic rings. The van der Waals surface area contributed by atoms with Gasteiger partial charge in [-0.05, 0) is 24.3 Å². The van der Waals surface area contributed by atoms with E-state index >= 15 is 0 Å². The molecule has 0 atom stereocenters. The van der Waals surface area contributed by atoms with Crippen LogP contribution >= 0.6 is 0 Å². The van der Waals surface area contributed by atoms with Crippen LogP contribution in [0.15, 0.2) is 30.5 Å². The van der Waals surface area contributed by atoms with Crippen molar-refractivity contribution in [3.8, 4) is 23.9 Å². The second-order valence-corrected chi connectivity index (χ2v) is 3.74. The van der Waals surface area contributed by atoms with Crippen LogP contribution in [-0.4, -0.2) is 30.1 Å². The van der Waals surface area contributed by atoms with Crippen molar-refractivity contribution in [2.75, 3.05) is 20.3 Å². The minimum Gasteiger partial charge on any atom is -0.474 e. The van der Waals surface area contributed by atoms with E-state index in [-0.39, 0.29) is 5.82 Å². The van der Waals surface area contributed by atoms with E-state index in [0.29, 0.717) is 30.3 Å². The van der Waals surface area contributed by atoms with Gasteiger partial charge in [0.15, 0.2) is 0 Å². The van der Waals surface area contributed by atoms with Gasteiger partial charge in [-0.1, -0.05) is 5.92 Å². The predicted octanol–water partition coefficient (Wildman–Crippen LogP) is 2.02. The molecule has 0 bridgehead atoms. The lowest BCUT2D eigenvalue weighted by Crippen LogP contribution is -2.09. The molecule has 0 amide bonds. The van der Waals surface area contributed by atoms with Crippen molar-refractivity contribution in [1.82, 2.24) is 9.78 Å². The first-order valence-electron chi connectivity index (χ1n) is 5.68. The molecule has 0 saturated heterocycles. The third kappa shape index (κ3) is 2.92. The highest BCUT2D eigenvalue weighted by Gasteiger charge is 2.12. The van der Waals surface area contributed by atoms with E-state index in [4.69, 9.17) is 15.9 Å². The Morgan fingerprint density at radius 2 is 2.05 bits per heavy atom. The van der Waals surface area contributed by atoms with Crippen molar-refractivity contribution in [3.63, 3.8) is 0 Å². The molecule has 1 aromatic carbocycles. The molecule has 0 N–H and O–H groups in total. The molecule has 98 valence electrons. The summed E-state index contributed by atoms with van der Waals surface area (Å²) in [5.74, 6) is 2.64. The van der Waals surface area contributed by atoms with Crippen LogP contribution in [0.25, 0.3) is 5.69 Å². The van der Waals surface area contributed by atoms with Gasteiger partial charge in [-0.2, -0.15) is 9.78 Å². The SMILES string of the molecule is C#Cc1cnn(-c2ccc(F)cc2)c1OCCOC. The monoisotopic (exact) mass is 260 g/mol. The molecule has 1 heterocycles. The molecule has 0 radical (unpaired) electrons. The summed E-state index contributed by atoms with van der Waals surface area (Å²) >= 11 is 0. The summed E-state index contributed by atoms with van der Waals surface area (Å²) in [5, 5.41) is 4.15. The number of terminal acetylenes is 1. The minimum atomic E-state index is -0.310. The fraction of sp³-hybridized carbons (Fsp3) is 0.214. The Balaban J connectivity index is 2.32. The van der Waals surface area contributed by atoms with Gasteiger partial charge in [0.25, 0.3) is 0 Å². The molecule has 0 aliphatic heterocycles. The highest BCUT2D eigenvalue weighted by atomic mass is 19.1. The molecule has 0 fully saturated rings. The zero-order chi connectivity index (χ0) is 13.7. The van der Waals surface area contributed by atoms with Crippen molar-refractivity contribution in [2.45, 2.75) is 0 Å². The van der Waals surface area contributed by atoms with Gasteiger partial charge in [-0.15, -0.1) is 6.42 Å². The highest BCUT2D eigenvalue weighted by molar-refractivity contribution is 5.45. The van der Waals surface area contributed by atoms with Gasteiger partial charge in [0, 0.05) is 7.11 Å².